The monoisotopic (exact) mass is 392 g/mol. The van der Waals surface area contributed by atoms with Gasteiger partial charge in [0.15, 0.2) is 5.82 Å². The van der Waals surface area contributed by atoms with E-state index in [9.17, 15) is 4.39 Å². The first kappa shape index (κ1) is 19.4. The fourth-order valence-corrected chi connectivity index (χ4v) is 3.34. The molecule has 4 rings (SSSR count). The lowest BCUT2D eigenvalue weighted by Gasteiger charge is -2.17. The van der Waals surface area contributed by atoms with Crippen LogP contribution in [0.2, 0.25) is 0 Å². The molecule has 144 valence electrons. The fourth-order valence-electron chi connectivity index (χ4n) is 3.34. The molecule has 0 aliphatic heterocycles. The molecule has 2 heterocycles. The third-order valence-corrected chi connectivity index (χ3v) is 4.79. The zero-order valence-electron chi connectivity index (χ0n) is 15.2. The van der Waals surface area contributed by atoms with Crippen molar-refractivity contribution in [2.75, 3.05) is 0 Å². The molecule has 2 aromatic heterocycles. The van der Waals surface area contributed by atoms with E-state index >= 15 is 0 Å². The molecule has 27 heavy (non-hydrogen) atoms. The van der Waals surface area contributed by atoms with Crippen molar-refractivity contribution in [3.63, 3.8) is 0 Å². The highest BCUT2D eigenvalue weighted by molar-refractivity contribution is 5.85. The number of halogens is 2. The Bertz CT molecular complexity index is 932. The van der Waals surface area contributed by atoms with Crippen LogP contribution in [0.15, 0.2) is 28.8 Å². The summed E-state index contributed by atoms with van der Waals surface area (Å²) < 4.78 is 21.1. The molecule has 2 N–H and O–H groups in total. The van der Waals surface area contributed by atoms with Crippen LogP contribution in [0.25, 0.3) is 17.4 Å². The van der Waals surface area contributed by atoms with Crippen molar-refractivity contribution in [2.24, 2.45) is 5.73 Å². The summed E-state index contributed by atoms with van der Waals surface area (Å²) >= 11 is 0. The van der Waals surface area contributed by atoms with Gasteiger partial charge >= 0.3 is 0 Å². The van der Waals surface area contributed by atoms with E-state index in [-0.39, 0.29) is 35.9 Å². The van der Waals surface area contributed by atoms with Crippen LogP contribution >= 0.6 is 12.4 Å². The Morgan fingerprint density at radius 2 is 1.89 bits per heavy atom. The predicted octanol–water partition coefficient (Wildman–Crippen LogP) is 3.73. The lowest BCUT2D eigenvalue weighted by molar-refractivity contribution is 0.372. The Morgan fingerprint density at radius 1 is 1.19 bits per heavy atom. The first-order valence-electron chi connectivity index (χ1n) is 8.83. The van der Waals surface area contributed by atoms with Gasteiger partial charge in [-0.3, -0.25) is 0 Å². The average molecular weight is 393 g/mol. The second-order valence-electron chi connectivity index (χ2n) is 7.10. The largest absolute Gasteiger partial charge is 0.330 e. The van der Waals surface area contributed by atoms with E-state index in [1.165, 1.54) is 10.7 Å². The number of hydrogen-bond donors (Lipinski definition) is 1. The average Bonchev–Trinajstić information content (AvgIpc) is 3.34. The van der Waals surface area contributed by atoms with Crippen molar-refractivity contribution >= 4 is 12.4 Å². The van der Waals surface area contributed by atoms with Gasteiger partial charge in [-0.25, -0.2) is 14.1 Å². The van der Waals surface area contributed by atoms with E-state index in [1.807, 2.05) is 13.8 Å². The van der Waals surface area contributed by atoms with Gasteiger partial charge in [-0.1, -0.05) is 44.0 Å². The van der Waals surface area contributed by atoms with E-state index in [0.717, 1.165) is 25.7 Å². The molecule has 0 radical (unpaired) electrons. The lowest BCUT2D eigenvalue weighted by atomic mass is 9.99. The van der Waals surface area contributed by atoms with Crippen molar-refractivity contribution in [2.45, 2.75) is 51.0 Å². The molecule has 7 nitrogen and oxygen atoms in total. The second-order valence-corrected chi connectivity index (χ2v) is 7.10. The molecule has 0 saturated heterocycles. The van der Waals surface area contributed by atoms with Crippen LogP contribution in [0.3, 0.4) is 0 Å². The van der Waals surface area contributed by atoms with Crippen LogP contribution in [-0.4, -0.2) is 24.9 Å². The topological polar surface area (TPSA) is 95.7 Å². The van der Waals surface area contributed by atoms with E-state index in [2.05, 4.69) is 20.2 Å². The summed E-state index contributed by atoms with van der Waals surface area (Å²) in [6, 6.07) is 6.45. The Kier molecular flexibility index (Phi) is 5.30. The van der Waals surface area contributed by atoms with Gasteiger partial charge in [0.2, 0.25) is 5.82 Å². The number of nitrogens with zero attached hydrogens (tertiary/aromatic N) is 5. The first-order valence-corrected chi connectivity index (χ1v) is 8.83. The first-order chi connectivity index (χ1) is 12.5. The second kappa shape index (κ2) is 7.36. The fraction of sp³-hybridized carbons (Fsp3) is 0.444. The summed E-state index contributed by atoms with van der Waals surface area (Å²) in [5.41, 5.74) is 6.17. The number of rotatable bonds is 4. The third kappa shape index (κ3) is 3.46. The Balaban J connectivity index is 0.00000210. The molecule has 1 saturated carbocycles. The molecule has 1 aliphatic rings. The highest BCUT2D eigenvalue weighted by Crippen LogP contribution is 2.35. The maximum Gasteiger partial charge on any atom is 0.297 e. The number of aromatic nitrogens is 5. The minimum Gasteiger partial charge on any atom is -0.330 e. The van der Waals surface area contributed by atoms with Crippen LogP contribution in [0.5, 0.6) is 0 Å². The van der Waals surface area contributed by atoms with Gasteiger partial charge in [0.05, 0.1) is 5.54 Å². The molecule has 0 spiro atoms. The maximum atomic E-state index is 14.2. The molecular weight excluding hydrogens is 371 g/mol. The van der Waals surface area contributed by atoms with Gasteiger partial charge in [0, 0.05) is 5.92 Å². The van der Waals surface area contributed by atoms with E-state index < -0.39 is 5.54 Å². The minimum atomic E-state index is -0.545. The molecule has 0 amide bonds. The van der Waals surface area contributed by atoms with Gasteiger partial charge in [-0.15, -0.1) is 17.5 Å². The summed E-state index contributed by atoms with van der Waals surface area (Å²) in [4.78, 5) is 8.94. The third-order valence-electron chi connectivity index (χ3n) is 4.79. The van der Waals surface area contributed by atoms with Crippen molar-refractivity contribution in [3.05, 3.63) is 41.7 Å². The smallest absolute Gasteiger partial charge is 0.297 e. The Labute approximate surface area is 162 Å². The SMILES string of the molecule is CC(C)c1nc(-c2nc(C3(N)CCCC3)no2)nn1-c1ccccc1F.Cl. The summed E-state index contributed by atoms with van der Waals surface area (Å²) in [5, 5.41) is 8.47. The van der Waals surface area contributed by atoms with Crippen LogP contribution in [0.4, 0.5) is 4.39 Å². The van der Waals surface area contributed by atoms with Gasteiger partial charge < -0.3 is 10.3 Å². The highest BCUT2D eigenvalue weighted by atomic mass is 35.5. The normalized spacial score (nSPS) is 15.9. The van der Waals surface area contributed by atoms with Gasteiger partial charge in [0.25, 0.3) is 5.89 Å². The Hall–Kier alpha value is -2.32. The standard InChI is InChI=1S/C18H21FN6O.ClH/c1-11(2)15-21-14(23-25(15)13-8-4-3-7-12(13)19)16-22-17(24-26-16)18(20)9-5-6-10-18;/h3-4,7-8,11H,5-6,9-10,20H2,1-2H3;1H. The van der Waals surface area contributed by atoms with Crippen molar-refractivity contribution in [3.8, 4) is 17.4 Å². The molecule has 0 atom stereocenters. The van der Waals surface area contributed by atoms with Crippen molar-refractivity contribution in [1.29, 1.82) is 0 Å². The molecule has 0 unspecified atom stereocenters. The number of hydrogen-bond acceptors (Lipinski definition) is 6. The molecule has 1 aromatic carbocycles. The summed E-state index contributed by atoms with van der Waals surface area (Å²) in [5.74, 6) is 1.25. The summed E-state index contributed by atoms with van der Waals surface area (Å²) in [6.45, 7) is 3.94. The molecule has 3 aromatic rings. The maximum absolute atomic E-state index is 14.2. The molecule has 0 bridgehead atoms. The molecular formula is C18H22ClFN6O. The lowest BCUT2D eigenvalue weighted by Crippen LogP contribution is -2.34. The van der Waals surface area contributed by atoms with E-state index in [0.29, 0.717) is 17.3 Å². The van der Waals surface area contributed by atoms with Gasteiger partial charge in [-0.2, -0.15) is 4.98 Å². The van der Waals surface area contributed by atoms with E-state index in [4.69, 9.17) is 10.3 Å². The van der Waals surface area contributed by atoms with Gasteiger partial charge in [-0.05, 0) is 25.0 Å². The Morgan fingerprint density at radius 3 is 2.56 bits per heavy atom. The number of benzene rings is 1. The van der Waals surface area contributed by atoms with Gasteiger partial charge in [0.1, 0.15) is 17.3 Å². The van der Waals surface area contributed by atoms with Crippen LogP contribution in [-0.2, 0) is 5.54 Å². The van der Waals surface area contributed by atoms with Crippen LogP contribution in [0, 0.1) is 5.82 Å². The summed E-state index contributed by atoms with van der Waals surface area (Å²) in [7, 11) is 0. The molecule has 1 aliphatic carbocycles. The quantitative estimate of drug-likeness (QED) is 0.726. The number of para-hydroxylation sites is 1. The van der Waals surface area contributed by atoms with E-state index in [1.54, 1.807) is 18.2 Å². The summed E-state index contributed by atoms with van der Waals surface area (Å²) in [6.07, 6.45) is 3.77. The zero-order valence-corrected chi connectivity index (χ0v) is 16.0. The highest BCUT2D eigenvalue weighted by Gasteiger charge is 2.36. The van der Waals surface area contributed by atoms with Crippen molar-refractivity contribution < 1.29 is 8.91 Å². The molecule has 1 fully saturated rings. The molecule has 9 heteroatoms. The zero-order chi connectivity index (χ0) is 18.3. The minimum absolute atomic E-state index is 0. The van der Waals surface area contributed by atoms with Crippen LogP contribution < -0.4 is 5.73 Å². The number of nitrogens with two attached hydrogens (primary N) is 1. The predicted molar refractivity (Wildman–Crippen MR) is 100 cm³/mol. The van der Waals surface area contributed by atoms with Crippen LogP contribution in [0.1, 0.15) is 57.1 Å². The van der Waals surface area contributed by atoms with Crippen molar-refractivity contribution in [1.82, 2.24) is 24.9 Å².